The van der Waals surface area contributed by atoms with Crippen molar-refractivity contribution in [2.75, 3.05) is 48.5 Å². The lowest BCUT2D eigenvalue weighted by Crippen LogP contribution is -2.44. The van der Waals surface area contributed by atoms with E-state index in [-0.39, 0.29) is 32.8 Å². The molecule has 4 heterocycles. The minimum Gasteiger partial charge on any atom is -0.355 e. The molecule has 3 aliphatic rings. The van der Waals surface area contributed by atoms with Crippen LogP contribution in [0.5, 0.6) is 0 Å². The molecule has 0 radical (unpaired) electrons. The quantitative estimate of drug-likeness (QED) is 0.220. The van der Waals surface area contributed by atoms with E-state index >= 15 is 0 Å². The molecule has 1 aliphatic carbocycles. The molecule has 2 aliphatic heterocycles. The van der Waals surface area contributed by atoms with E-state index in [0.717, 1.165) is 22.9 Å². The Balaban J connectivity index is 1.41. The van der Waals surface area contributed by atoms with Crippen LogP contribution in [0.15, 0.2) is 65.8 Å². The van der Waals surface area contributed by atoms with Gasteiger partial charge in [0, 0.05) is 48.9 Å². The standard InChI is InChI=1S/C36H37F3N6O5S/c1-22-6-9-26(10-7-22)51(48,49)45(50-34(47)36(37,38)39)29-19-24(20-41-32(29)44-16-12-25(13-17-44)42(2)3)23-8-11-28-27(18-23)31-30(21-40-28)43(4)33(46)35(31)14-5-15-35/h6-11,18-21,25H,5,12-17H2,1-4H3. The number of fused-ring (bicyclic) bond motifs is 4. The minimum atomic E-state index is -5.50. The van der Waals surface area contributed by atoms with Crippen LogP contribution in [-0.2, 0) is 29.9 Å². The summed E-state index contributed by atoms with van der Waals surface area (Å²) in [6.45, 7) is 2.58. The summed E-state index contributed by atoms with van der Waals surface area (Å²) in [5, 5.41) is 0.742. The second-order valence-electron chi connectivity index (χ2n) is 13.7. The number of sulfonamides is 1. The number of rotatable bonds is 7. The van der Waals surface area contributed by atoms with Gasteiger partial charge in [0.15, 0.2) is 5.82 Å². The van der Waals surface area contributed by atoms with Crippen molar-refractivity contribution >= 4 is 50.0 Å². The van der Waals surface area contributed by atoms with Gasteiger partial charge in [0.1, 0.15) is 5.69 Å². The van der Waals surface area contributed by atoms with Crippen LogP contribution in [0, 0.1) is 6.92 Å². The molecular formula is C36H37F3N6O5S. The van der Waals surface area contributed by atoms with Crippen LogP contribution in [0.4, 0.5) is 30.4 Å². The molecule has 1 amide bonds. The van der Waals surface area contributed by atoms with Crippen molar-refractivity contribution in [2.24, 2.45) is 0 Å². The number of piperidine rings is 1. The summed E-state index contributed by atoms with van der Waals surface area (Å²) in [4.78, 5) is 45.0. The Bertz CT molecular complexity index is 2150. The highest BCUT2D eigenvalue weighted by Crippen LogP contribution is 2.55. The first-order valence-corrected chi connectivity index (χ1v) is 18.1. The van der Waals surface area contributed by atoms with Crippen molar-refractivity contribution in [3.63, 3.8) is 0 Å². The van der Waals surface area contributed by atoms with Crippen molar-refractivity contribution in [2.45, 2.75) is 61.6 Å². The van der Waals surface area contributed by atoms with E-state index in [2.05, 4.69) is 14.9 Å². The first-order valence-electron chi connectivity index (χ1n) is 16.7. The number of amides is 1. The van der Waals surface area contributed by atoms with E-state index < -0.39 is 27.6 Å². The van der Waals surface area contributed by atoms with E-state index in [1.165, 1.54) is 36.5 Å². The number of anilines is 3. The van der Waals surface area contributed by atoms with Crippen LogP contribution < -0.4 is 14.3 Å². The van der Waals surface area contributed by atoms with E-state index in [0.29, 0.717) is 61.1 Å². The summed E-state index contributed by atoms with van der Waals surface area (Å²) in [7, 11) is 0.733. The Morgan fingerprint density at radius 2 is 1.67 bits per heavy atom. The van der Waals surface area contributed by atoms with Gasteiger partial charge in [-0.05, 0) is 82.6 Å². The molecule has 0 unspecified atom stereocenters. The molecule has 11 nitrogen and oxygen atoms in total. The Hall–Kier alpha value is -4.76. The van der Waals surface area contributed by atoms with Gasteiger partial charge in [0.25, 0.3) is 10.0 Å². The Morgan fingerprint density at radius 1 is 0.980 bits per heavy atom. The molecule has 2 aromatic carbocycles. The second-order valence-corrected chi connectivity index (χ2v) is 15.5. The largest absolute Gasteiger partial charge is 0.493 e. The van der Waals surface area contributed by atoms with Gasteiger partial charge in [-0.15, -0.1) is 0 Å². The third-order valence-electron chi connectivity index (χ3n) is 10.4. The van der Waals surface area contributed by atoms with Crippen LogP contribution in [-0.4, -0.2) is 81.6 Å². The molecule has 51 heavy (non-hydrogen) atoms. The topological polar surface area (TPSA) is 116 Å². The molecule has 0 bridgehead atoms. The highest BCUT2D eigenvalue weighted by atomic mass is 32.2. The predicted molar refractivity (Wildman–Crippen MR) is 186 cm³/mol. The number of hydrogen-bond acceptors (Lipinski definition) is 9. The van der Waals surface area contributed by atoms with Crippen molar-refractivity contribution in [3.8, 4) is 11.1 Å². The summed E-state index contributed by atoms with van der Waals surface area (Å²) >= 11 is 0. The number of nitrogens with zero attached hydrogens (tertiary/aromatic N) is 6. The lowest BCUT2D eigenvalue weighted by atomic mass is 9.64. The zero-order valence-corrected chi connectivity index (χ0v) is 29.4. The third kappa shape index (κ3) is 5.85. The molecule has 268 valence electrons. The van der Waals surface area contributed by atoms with Crippen LogP contribution >= 0.6 is 0 Å². The number of benzene rings is 2. The van der Waals surface area contributed by atoms with Gasteiger partial charge in [-0.3, -0.25) is 9.78 Å². The van der Waals surface area contributed by atoms with Crippen LogP contribution in [0.1, 0.15) is 43.2 Å². The fourth-order valence-electron chi connectivity index (χ4n) is 7.39. The summed E-state index contributed by atoms with van der Waals surface area (Å²) in [5.41, 5.74) is 2.87. The smallest absolute Gasteiger partial charge is 0.355 e. The molecule has 1 saturated carbocycles. The summed E-state index contributed by atoms with van der Waals surface area (Å²) in [6.07, 6.45) is 1.39. The number of halogens is 3. The molecule has 4 aromatic rings. The first-order chi connectivity index (χ1) is 24.1. The van der Waals surface area contributed by atoms with E-state index in [9.17, 15) is 31.2 Å². The van der Waals surface area contributed by atoms with Gasteiger partial charge >= 0.3 is 12.1 Å². The molecule has 0 atom stereocenters. The van der Waals surface area contributed by atoms with Gasteiger partial charge in [-0.2, -0.15) is 21.6 Å². The average Bonchev–Trinajstić information content (AvgIpc) is 3.33. The number of pyridine rings is 2. The fraction of sp³-hybridized carbons (Fsp3) is 0.389. The van der Waals surface area contributed by atoms with Gasteiger partial charge in [0.2, 0.25) is 5.91 Å². The van der Waals surface area contributed by atoms with Gasteiger partial charge in [-0.1, -0.05) is 34.7 Å². The molecule has 1 spiro atoms. The predicted octanol–water partition coefficient (Wildman–Crippen LogP) is 5.75. The number of hydrogen-bond donors (Lipinski definition) is 0. The van der Waals surface area contributed by atoms with Crippen molar-refractivity contribution in [1.82, 2.24) is 14.9 Å². The summed E-state index contributed by atoms with van der Waals surface area (Å²) < 4.78 is 69.6. The number of aromatic nitrogens is 2. The average molecular weight is 723 g/mol. The highest BCUT2D eigenvalue weighted by Gasteiger charge is 2.54. The molecule has 1 saturated heterocycles. The third-order valence-corrected chi connectivity index (χ3v) is 12.0. The molecule has 2 fully saturated rings. The van der Waals surface area contributed by atoms with Crippen LogP contribution in [0.3, 0.4) is 0 Å². The van der Waals surface area contributed by atoms with E-state index in [4.69, 9.17) is 4.84 Å². The SMILES string of the molecule is Cc1ccc(S(=O)(=O)N(OC(=O)C(F)(F)F)c2cc(-c3ccc4ncc5c(c4c3)C3(CCC3)C(=O)N5C)cnc2N2CCC(N(C)C)CC2)cc1. The first kappa shape index (κ1) is 34.7. The van der Waals surface area contributed by atoms with Crippen LogP contribution in [0.2, 0.25) is 0 Å². The fourth-order valence-corrected chi connectivity index (χ4v) is 8.62. The lowest BCUT2D eigenvalue weighted by molar-refractivity contribution is -0.199. The van der Waals surface area contributed by atoms with Crippen LogP contribution in [0.25, 0.3) is 22.0 Å². The van der Waals surface area contributed by atoms with Crippen molar-refractivity contribution in [1.29, 1.82) is 0 Å². The second kappa shape index (κ2) is 12.5. The van der Waals surface area contributed by atoms with Gasteiger partial charge in [0.05, 0.1) is 27.7 Å². The minimum absolute atomic E-state index is 0.0123. The summed E-state index contributed by atoms with van der Waals surface area (Å²) in [5.74, 6) is -2.64. The number of aryl methyl sites for hydroxylation is 1. The highest BCUT2D eigenvalue weighted by molar-refractivity contribution is 7.92. The lowest BCUT2D eigenvalue weighted by Gasteiger charge is -2.37. The van der Waals surface area contributed by atoms with E-state index in [1.807, 2.05) is 20.2 Å². The molecule has 2 aromatic heterocycles. The van der Waals surface area contributed by atoms with Gasteiger partial charge in [-0.25, -0.2) is 9.78 Å². The summed E-state index contributed by atoms with van der Waals surface area (Å²) in [6, 6.07) is 12.5. The normalized spacial score (nSPS) is 17.6. The van der Waals surface area contributed by atoms with Gasteiger partial charge < -0.3 is 19.5 Å². The zero-order valence-electron chi connectivity index (χ0n) is 28.6. The Kier molecular flexibility index (Phi) is 8.48. The number of likely N-dealkylation sites (N-methyl/N-ethyl adjacent to an activating group) is 1. The molecule has 15 heteroatoms. The molecule has 0 N–H and O–H groups in total. The monoisotopic (exact) mass is 722 g/mol. The number of carbonyl (C=O) groups excluding carboxylic acids is 2. The zero-order chi connectivity index (χ0) is 36.5. The maximum atomic E-state index is 14.2. The molecular weight excluding hydrogens is 685 g/mol. The number of carbonyl (C=O) groups is 2. The number of alkyl halides is 3. The Labute approximate surface area is 293 Å². The molecule has 7 rings (SSSR count). The Morgan fingerprint density at radius 3 is 2.27 bits per heavy atom. The maximum Gasteiger partial charge on any atom is 0.493 e. The van der Waals surface area contributed by atoms with Crippen molar-refractivity contribution < 1.29 is 36.0 Å². The van der Waals surface area contributed by atoms with E-state index in [1.54, 1.807) is 42.1 Å². The van der Waals surface area contributed by atoms with Crippen molar-refractivity contribution in [3.05, 3.63) is 72.1 Å². The maximum absolute atomic E-state index is 14.2.